The number of carboxylic acid groups (broad SMARTS) is 1. The predicted octanol–water partition coefficient (Wildman–Crippen LogP) is 4.56. The van der Waals surface area contributed by atoms with Crippen LogP contribution in [0.25, 0.3) is 0 Å². The van der Waals surface area contributed by atoms with E-state index in [-0.39, 0.29) is 12.2 Å². The van der Waals surface area contributed by atoms with Gasteiger partial charge in [-0.25, -0.2) is 0 Å². The van der Waals surface area contributed by atoms with Crippen molar-refractivity contribution in [1.29, 1.82) is 0 Å². The number of hydrogen-bond acceptors (Lipinski definition) is 4. The molecule has 5 nitrogen and oxygen atoms in total. The fourth-order valence-electron chi connectivity index (χ4n) is 1.89. The summed E-state index contributed by atoms with van der Waals surface area (Å²) in [5.41, 5.74) is 6.44. The maximum atomic E-state index is 10.9. The van der Waals surface area contributed by atoms with Gasteiger partial charge in [-0.2, -0.15) is 0 Å². The van der Waals surface area contributed by atoms with Gasteiger partial charge in [0, 0.05) is 0 Å². The van der Waals surface area contributed by atoms with E-state index in [1.54, 1.807) is 12.1 Å². The summed E-state index contributed by atoms with van der Waals surface area (Å²) in [6.45, 7) is 0. The predicted molar refractivity (Wildman–Crippen MR) is 125 cm³/mol. The zero-order valence-electron chi connectivity index (χ0n) is 11.9. The second-order valence-corrected chi connectivity index (χ2v) is 9.52. The minimum absolute atomic E-state index is 0.242. The Kier molecular flexibility index (Phi) is 7.64. The molecule has 0 amide bonds. The molecule has 0 aliphatic rings. The lowest BCUT2D eigenvalue weighted by atomic mass is 10.3. The largest absolute Gasteiger partial charge is 0.506 e. The molecule has 0 spiro atoms. The first-order valence-electron chi connectivity index (χ1n) is 6.51. The fourth-order valence-corrected chi connectivity index (χ4v) is 5.72. The van der Waals surface area contributed by atoms with Crippen molar-refractivity contribution in [3.05, 3.63) is 44.1 Å². The first-order valence-corrected chi connectivity index (χ1v) is 10.8. The summed E-state index contributed by atoms with van der Waals surface area (Å²) in [7, 11) is 0. The Hall–Kier alpha value is 0.390. The van der Waals surface area contributed by atoms with Crippen LogP contribution >= 0.6 is 90.4 Å². The molecule has 0 aliphatic carbocycles. The lowest BCUT2D eigenvalue weighted by molar-refractivity contribution is -0.138. The molecule has 0 aliphatic heterocycles. The van der Waals surface area contributed by atoms with Crippen molar-refractivity contribution in [2.75, 3.05) is 0 Å². The van der Waals surface area contributed by atoms with E-state index < -0.39 is 12.0 Å². The highest BCUT2D eigenvalue weighted by Crippen LogP contribution is 2.36. The third-order valence-corrected chi connectivity index (χ3v) is 6.29. The molecule has 2 aromatic carbocycles. The number of hydrogen-bond donors (Lipinski definition) is 3. The van der Waals surface area contributed by atoms with Gasteiger partial charge >= 0.3 is 5.97 Å². The molecule has 0 saturated heterocycles. The summed E-state index contributed by atoms with van der Waals surface area (Å²) >= 11 is 8.42. The van der Waals surface area contributed by atoms with Crippen molar-refractivity contribution in [3.8, 4) is 17.2 Å². The Morgan fingerprint density at radius 3 is 2.00 bits per heavy atom. The summed E-state index contributed by atoms with van der Waals surface area (Å²) in [4.78, 5) is 10.9. The molecule has 2 rings (SSSR count). The van der Waals surface area contributed by atoms with Crippen LogP contribution in [0.1, 0.15) is 5.56 Å². The number of carboxylic acids is 1. The van der Waals surface area contributed by atoms with Crippen LogP contribution in [-0.2, 0) is 11.2 Å². The average Bonchev–Trinajstić information content (AvgIpc) is 2.48. The maximum Gasteiger partial charge on any atom is 0.320 e. The van der Waals surface area contributed by atoms with Crippen molar-refractivity contribution in [2.45, 2.75) is 12.5 Å². The van der Waals surface area contributed by atoms with Gasteiger partial charge in [0.1, 0.15) is 17.5 Å². The lowest BCUT2D eigenvalue weighted by Gasteiger charge is -2.14. The minimum Gasteiger partial charge on any atom is -0.506 e. The van der Waals surface area contributed by atoms with Gasteiger partial charge in [0.15, 0.2) is 5.75 Å². The van der Waals surface area contributed by atoms with Crippen LogP contribution in [0.15, 0.2) is 24.3 Å². The Morgan fingerprint density at radius 2 is 1.54 bits per heavy atom. The molecule has 0 unspecified atom stereocenters. The molecule has 0 bridgehead atoms. The van der Waals surface area contributed by atoms with E-state index in [1.807, 2.05) is 12.1 Å². The third kappa shape index (κ3) is 5.20. The lowest BCUT2D eigenvalue weighted by Crippen LogP contribution is -2.32. The van der Waals surface area contributed by atoms with Crippen LogP contribution in [0, 0.1) is 14.3 Å². The number of rotatable bonds is 5. The molecule has 1 atom stereocenters. The van der Waals surface area contributed by atoms with Crippen LogP contribution in [0.3, 0.4) is 0 Å². The van der Waals surface area contributed by atoms with Gasteiger partial charge in [0.25, 0.3) is 0 Å². The van der Waals surface area contributed by atoms with Crippen molar-refractivity contribution in [2.24, 2.45) is 5.73 Å². The standard InChI is InChI=1S/C15H11I4NO4/c16-8-4-7(5-9(17)13(8)21)24-14-10(18)1-6(2-11(14)19)3-12(20)15(22)23/h1-2,4-5,12,21H,3,20H2,(H,22,23)/t12-/m0/s1/i1+1,2+1,4+1,5+1,6+1,7+1,8+1,9+1,10+1,11+1,13+1,14+1. The Balaban J connectivity index is 2.30. The van der Waals surface area contributed by atoms with Crippen molar-refractivity contribution < 1.29 is 19.7 Å². The van der Waals surface area contributed by atoms with Crippen LogP contribution in [0.2, 0.25) is 0 Å². The number of aromatic hydroxyl groups is 1. The van der Waals surface area contributed by atoms with E-state index in [0.717, 1.165) is 12.7 Å². The van der Waals surface area contributed by atoms with Gasteiger partial charge in [0.05, 0.1) is 14.3 Å². The maximum absolute atomic E-state index is 10.9. The molecule has 0 saturated carbocycles. The number of aliphatic carboxylic acids is 1. The SMILES string of the molecule is N[C@@H](C[13c]1[13cH][13c](I)[13c](O[13c]2[13cH][13c](I)[13c](O)[13c](I)[13cH]2)[13c](I)[13cH]1)C(=O)O. The Labute approximate surface area is 193 Å². The molecule has 0 aromatic heterocycles. The smallest absolute Gasteiger partial charge is 0.320 e. The summed E-state index contributed by atoms with van der Waals surface area (Å²) in [6.07, 6.45) is 0.261. The fraction of sp³-hybridized carbons (Fsp3) is 0.133. The van der Waals surface area contributed by atoms with Crippen molar-refractivity contribution in [1.82, 2.24) is 0 Å². The molecule has 2 aromatic rings. The van der Waals surface area contributed by atoms with Crippen molar-refractivity contribution >= 4 is 96.3 Å². The molecular formula is C15H11I4NO4. The van der Waals surface area contributed by atoms with E-state index in [0.29, 0.717) is 18.6 Å². The molecule has 0 fully saturated rings. The summed E-state index contributed by atoms with van der Waals surface area (Å²) in [5.74, 6) is 0.549. The molecule has 128 valence electrons. The minimum atomic E-state index is -1.02. The van der Waals surface area contributed by atoms with Gasteiger partial charge in [0.2, 0.25) is 0 Å². The molecule has 24 heavy (non-hydrogen) atoms. The van der Waals surface area contributed by atoms with E-state index >= 15 is 0 Å². The zero-order chi connectivity index (χ0) is 18.0. The van der Waals surface area contributed by atoms with Crippen molar-refractivity contribution in [3.63, 3.8) is 0 Å². The number of phenols is 1. The number of nitrogens with two attached hydrogens (primary N) is 1. The molecule has 0 radical (unpaired) electrons. The highest BCUT2D eigenvalue weighted by Gasteiger charge is 2.16. The van der Waals surface area contributed by atoms with E-state index in [4.69, 9.17) is 15.6 Å². The number of carbonyl (C=O) groups is 1. The first-order chi connectivity index (χ1) is 11.2. The van der Waals surface area contributed by atoms with Crippen LogP contribution in [-0.4, -0.2) is 22.2 Å². The number of phenolic OH excluding ortho intramolecular Hbond substituents is 1. The highest BCUT2D eigenvalue weighted by molar-refractivity contribution is 14.1. The zero-order valence-corrected chi connectivity index (χ0v) is 20.5. The molecule has 4 N–H and O–H groups in total. The normalized spacial score (nSPS) is 12.0. The van der Waals surface area contributed by atoms with Crippen LogP contribution in [0.4, 0.5) is 0 Å². The van der Waals surface area contributed by atoms with E-state index in [9.17, 15) is 9.90 Å². The van der Waals surface area contributed by atoms with Gasteiger partial charge in [-0.1, -0.05) is 0 Å². The van der Waals surface area contributed by atoms with E-state index in [2.05, 4.69) is 90.4 Å². The van der Waals surface area contributed by atoms with Gasteiger partial charge in [-0.3, -0.25) is 4.79 Å². The van der Waals surface area contributed by atoms with Gasteiger partial charge in [-0.15, -0.1) is 0 Å². The second kappa shape index (κ2) is 8.85. The van der Waals surface area contributed by atoms with Crippen LogP contribution < -0.4 is 10.5 Å². The van der Waals surface area contributed by atoms with Crippen LogP contribution in [0.5, 0.6) is 17.2 Å². The third-order valence-electron chi connectivity index (χ3n) is 3.04. The van der Waals surface area contributed by atoms with Gasteiger partial charge < -0.3 is 20.7 Å². The average molecular weight is 789 g/mol. The topological polar surface area (TPSA) is 92.8 Å². The van der Waals surface area contributed by atoms with Gasteiger partial charge in [-0.05, 0) is 127 Å². The van der Waals surface area contributed by atoms with E-state index in [1.165, 1.54) is 0 Å². The number of ether oxygens (including phenoxy) is 1. The molecule has 0 heterocycles. The first kappa shape index (κ1) is 20.7. The summed E-state index contributed by atoms with van der Waals surface area (Å²) < 4.78 is 9.14. The Morgan fingerprint density at radius 1 is 1.04 bits per heavy atom. The quantitative estimate of drug-likeness (QED) is 0.387. The summed E-state index contributed by atoms with van der Waals surface area (Å²) in [6, 6.07) is 6.34. The number of benzene rings is 2. The molecule has 9 heteroatoms. The monoisotopic (exact) mass is 789 g/mol. The summed E-state index contributed by atoms with van der Waals surface area (Å²) in [5, 5.41) is 18.8. The molecular weight excluding hydrogens is 778 g/mol. The number of halogens is 4. The second-order valence-electron chi connectivity index (χ2n) is 4.88. The highest BCUT2D eigenvalue weighted by atomic mass is 127. The Bertz CT molecular complexity index is 751.